The maximum atomic E-state index is 10.4. The Labute approximate surface area is 265 Å². The lowest BCUT2D eigenvalue weighted by Crippen LogP contribution is -2.34. The van der Waals surface area contributed by atoms with E-state index in [0.717, 1.165) is 0 Å². The second kappa shape index (κ2) is 37.3. The lowest BCUT2D eigenvalue weighted by Gasteiger charge is -2.22. The molecule has 0 aliphatic carbocycles. The Morgan fingerprint density at radius 3 is 1.07 bits per heavy atom. The number of hydrogen-bond donors (Lipinski definition) is 2. The molecule has 0 aromatic heterocycles. The third-order valence-electron chi connectivity index (χ3n) is 5.21. The molecule has 0 amide bonds. The summed E-state index contributed by atoms with van der Waals surface area (Å²) >= 11 is 0. The molecule has 0 atom stereocenters. The lowest BCUT2D eigenvalue weighted by atomic mass is 10.4. The molecule has 18 heteroatoms. The highest BCUT2D eigenvalue weighted by Gasteiger charge is 2.06. The summed E-state index contributed by atoms with van der Waals surface area (Å²) in [6, 6.07) is 0. The zero-order valence-corrected chi connectivity index (χ0v) is 26.4. The molecule has 0 heterocycles. The van der Waals surface area contributed by atoms with Gasteiger partial charge in [0, 0.05) is 31.1 Å². The van der Waals surface area contributed by atoms with Crippen molar-refractivity contribution in [2.75, 3.05) is 145 Å². The fourth-order valence-corrected chi connectivity index (χ4v) is 3.01. The van der Waals surface area contributed by atoms with Gasteiger partial charge in [-0.1, -0.05) is 5.11 Å². The smallest absolute Gasteiger partial charge is 0.305 e. The van der Waals surface area contributed by atoms with Crippen LogP contribution in [0.1, 0.15) is 12.8 Å². The molecule has 260 valence electrons. The van der Waals surface area contributed by atoms with Crippen molar-refractivity contribution < 1.29 is 62.4 Å². The fourth-order valence-electron chi connectivity index (χ4n) is 3.01. The Balaban J connectivity index is 0. The summed E-state index contributed by atoms with van der Waals surface area (Å²) in [4.78, 5) is 25.7. The summed E-state index contributed by atoms with van der Waals surface area (Å²) in [7, 11) is 0. The molecule has 0 spiro atoms. The van der Waals surface area contributed by atoms with Crippen LogP contribution in [0.5, 0.6) is 0 Å². The molecular formula is C26H51ClN4O13. The number of ether oxygens (including phenoxy) is 9. The number of rotatable bonds is 36. The first kappa shape index (κ1) is 44.3. The van der Waals surface area contributed by atoms with E-state index in [1.807, 2.05) is 0 Å². The van der Waals surface area contributed by atoms with Crippen LogP contribution in [0.3, 0.4) is 0 Å². The average molecular weight is 663 g/mol. The van der Waals surface area contributed by atoms with Crippen molar-refractivity contribution >= 4 is 24.3 Å². The van der Waals surface area contributed by atoms with E-state index < -0.39 is 11.9 Å². The SMILES string of the molecule is Cl.[N-]=[N+]=NCCOCCOCCOCCN(CCOCCOCCOCCC(=O)O)CCOCCOCCOCCC(=O)O. The van der Waals surface area contributed by atoms with Crippen molar-refractivity contribution in [3.8, 4) is 0 Å². The topological polar surface area (TPSA) is 210 Å². The Morgan fingerprint density at radius 2 is 0.773 bits per heavy atom. The number of aliphatic carboxylic acids is 2. The Hall–Kier alpha value is -1.86. The summed E-state index contributed by atoms with van der Waals surface area (Å²) in [6.07, 6.45) is -0.0517. The molecule has 0 unspecified atom stereocenters. The van der Waals surface area contributed by atoms with Gasteiger partial charge in [-0.3, -0.25) is 14.5 Å². The monoisotopic (exact) mass is 662 g/mol. The largest absolute Gasteiger partial charge is 0.481 e. The van der Waals surface area contributed by atoms with Crippen molar-refractivity contribution in [1.82, 2.24) is 4.90 Å². The van der Waals surface area contributed by atoms with Gasteiger partial charge in [0.15, 0.2) is 0 Å². The Kier molecular flexibility index (Phi) is 37.6. The summed E-state index contributed by atoms with van der Waals surface area (Å²) in [5, 5.41) is 20.5. The highest BCUT2D eigenvalue weighted by Crippen LogP contribution is 1.93. The van der Waals surface area contributed by atoms with Gasteiger partial charge in [-0.2, -0.15) is 0 Å². The van der Waals surface area contributed by atoms with E-state index in [0.29, 0.717) is 132 Å². The molecule has 0 saturated carbocycles. The number of hydrogen-bond acceptors (Lipinski definition) is 13. The van der Waals surface area contributed by atoms with Crippen LogP contribution in [-0.2, 0) is 52.2 Å². The summed E-state index contributed by atoms with van der Waals surface area (Å²) in [5.41, 5.74) is 8.20. The van der Waals surface area contributed by atoms with Gasteiger partial charge < -0.3 is 52.8 Å². The molecule has 0 aromatic carbocycles. The molecule has 0 bridgehead atoms. The number of carboxylic acids is 2. The van der Waals surface area contributed by atoms with E-state index in [1.165, 1.54) is 0 Å². The van der Waals surface area contributed by atoms with E-state index in [4.69, 9.17) is 58.4 Å². The molecular weight excluding hydrogens is 612 g/mol. The van der Waals surface area contributed by atoms with Crippen LogP contribution in [0.25, 0.3) is 10.4 Å². The van der Waals surface area contributed by atoms with Crippen molar-refractivity contribution in [3.63, 3.8) is 0 Å². The third kappa shape index (κ3) is 38.2. The average Bonchev–Trinajstić information content (AvgIpc) is 2.98. The quantitative estimate of drug-likeness (QED) is 0.0417. The minimum Gasteiger partial charge on any atom is -0.481 e. The first-order valence-corrected chi connectivity index (χ1v) is 14.4. The zero-order valence-electron chi connectivity index (χ0n) is 25.6. The molecule has 0 aliphatic heterocycles. The van der Waals surface area contributed by atoms with Gasteiger partial charge in [0.05, 0.1) is 132 Å². The Morgan fingerprint density at radius 1 is 0.500 bits per heavy atom. The van der Waals surface area contributed by atoms with Crippen LogP contribution in [0, 0.1) is 0 Å². The van der Waals surface area contributed by atoms with E-state index in [1.54, 1.807) is 0 Å². The minimum atomic E-state index is -0.892. The normalized spacial score (nSPS) is 10.9. The van der Waals surface area contributed by atoms with E-state index in [2.05, 4.69) is 14.9 Å². The van der Waals surface area contributed by atoms with Crippen LogP contribution in [0.2, 0.25) is 0 Å². The van der Waals surface area contributed by atoms with Gasteiger partial charge in [-0.25, -0.2) is 0 Å². The van der Waals surface area contributed by atoms with Crippen molar-refractivity contribution in [3.05, 3.63) is 10.4 Å². The molecule has 17 nitrogen and oxygen atoms in total. The van der Waals surface area contributed by atoms with Gasteiger partial charge in [-0.15, -0.1) is 12.4 Å². The maximum absolute atomic E-state index is 10.4. The predicted octanol–water partition coefficient (Wildman–Crippen LogP) is 1.12. The maximum Gasteiger partial charge on any atom is 0.305 e. The number of azide groups is 1. The second-order valence-electron chi connectivity index (χ2n) is 8.59. The molecule has 0 saturated heterocycles. The minimum absolute atomic E-state index is 0. The first-order valence-electron chi connectivity index (χ1n) is 14.4. The fraction of sp³-hybridized carbons (Fsp3) is 0.923. The van der Waals surface area contributed by atoms with Gasteiger partial charge in [0.2, 0.25) is 0 Å². The van der Waals surface area contributed by atoms with E-state index in [9.17, 15) is 9.59 Å². The van der Waals surface area contributed by atoms with E-state index in [-0.39, 0.29) is 38.5 Å². The number of carboxylic acid groups (broad SMARTS) is 2. The summed E-state index contributed by atoms with van der Waals surface area (Å²) in [5.74, 6) is -1.78. The standard InChI is InChI=1S/C26H50N4O13.ClH/c27-29-28-3-9-37-15-21-43-24-18-40-12-6-30(4-10-38-16-22-41-19-13-35-7-1-25(31)32)5-11-39-17-23-42-20-14-36-8-2-26(33)34;/h1-24H2,(H,31,32)(H,33,34);1H. The van der Waals surface area contributed by atoms with Gasteiger partial charge in [0.1, 0.15) is 0 Å². The van der Waals surface area contributed by atoms with Crippen LogP contribution in [-0.4, -0.2) is 172 Å². The predicted molar refractivity (Wildman–Crippen MR) is 160 cm³/mol. The number of carbonyl (C=O) groups is 2. The lowest BCUT2D eigenvalue weighted by molar-refractivity contribution is -0.139. The van der Waals surface area contributed by atoms with Gasteiger partial charge in [0.25, 0.3) is 0 Å². The molecule has 0 rings (SSSR count). The van der Waals surface area contributed by atoms with Crippen LogP contribution in [0.4, 0.5) is 0 Å². The van der Waals surface area contributed by atoms with Crippen molar-refractivity contribution in [1.29, 1.82) is 0 Å². The van der Waals surface area contributed by atoms with Gasteiger partial charge in [-0.05, 0) is 5.53 Å². The van der Waals surface area contributed by atoms with Crippen molar-refractivity contribution in [2.24, 2.45) is 5.11 Å². The second-order valence-corrected chi connectivity index (χ2v) is 8.59. The number of halogens is 1. The molecule has 0 aliphatic rings. The molecule has 0 fully saturated rings. The highest BCUT2D eigenvalue weighted by molar-refractivity contribution is 5.85. The summed E-state index contributed by atoms with van der Waals surface area (Å²) < 4.78 is 48.9. The van der Waals surface area contributed by atoms with Crippen LogP contribution < -0.4 is 0 Å². The molecule has 0 radical (unpaired) electrons. The van der Waals surface area contributed by atoms with Crippen LogP contribution >= 0.6 is 12.4 Å². The summed E-state index contributed by atoms with van der Waals surface area (Å²) in [6.45, 7) is 9.44. The van der Waals surface area contributed by atoms with E-state index >= 15 is 0 Å². The Bertz CT molecular complexity index is 625. The molecule has 2 N–H and O–H groups in total. The highest BCUT2D eigenvalue weighted by atomic mass is 35.5. The molecule has 0 aromatic rings. The molecule has 44 heavy (non-hydrogen) atoms. The van der Waals surface area contributed by atoms with Crippen LogP contribution in [0.15, 0.2) is 5.11 Å². The van der Waals surface area contributed by atoms with Gasteiger partial charge >= 0.3 is 11.9 Å². The first-order chi connectivity index (χ1) is 21.1. The number of nitrogens with zero attached hydrogens (tertiary/aromatic N) is 4. The zero-order chi connectivity index (χ0) is 31.5. The van der Waals surface area contributed by atoms with Crippen molar-refractivity contribution in [2.45, 2.75) is 12.8 Å². The third-order valence-corrected chi connectivity index (χ3v) is 5.21.